The molecule has 0 aromatic carbocycles. The Morgan fingerprint density at radius 2 is 2.53 bits per heavy atom. The molecule has 2 aromatic rings. The number of aliphatic hydroxyl groups is 1. The monoisotopic (exact) mass is 299 g/mol. The van der Waals surface area contributed by atoms with Crippen molar-refractivity contribution in [2.45, 2.75) is 18.9 Å². The lowest BCUT2D eigenvalue weighted by atomic mass is 10.2. The molecule has 1 atom stereocenters. The average Bonchev–Trinajstić information content (AvgIpc) is 2.96. The quantitative estimate of drug-likeness (QED) is 0.805. The largest absolute Gasteiger partial charge is 0.383 e. The van der Waals surface area contributed by atoms with Gasteiger partial charge in [-0.05, 0) is 18.4 Å². The molecule has 0 unspecified atom stereocenters. The molecule has 19 heavy (non-hydrogen) atoms. The summed E-state index contributed by atoms with van der Waals surface area (Å²) in [5, 5.41) is 14.3. The van der Waals surface area contributed by atoms with Crippen molar-refractivity contribution in [3.8, 4) is 0 Å². The van der Waals surface area contributed by atoms with Crippen LogP contribution in [0.3, 0.4) is 0 Å². The fourth-order valence-corrected chi connectivity index (χ4v) is 2.87. The third-order valence-corrected chi connectivity index (χ3v) is 4.14. The number of amides is 1. The van der Waals surface area contributed by atoms with E-state index >= 15 is 0 Å². The summed E-state index contributed by atoms with van der Waals surface area (Å²) in [7, 11) is 0. The van der Waals surface area contributed by atoms with Crippen LogP contribution in [0.5, 0.6) is 0 Å². The minimum atomic E-state index is -0.905. The van der Waals surface area contributed by atoms with Crippen LogP contribution in [0.2, 0.25) is 0 Å². The first-order valence-electron chi connectivity index (χ1n) is 6.06. The Balaban J connectivity index is 1.74. The Labute approximate surface area is 120 Å². The van der Waals surface area contributed by atoms with Gasteiger partial charge in [-0.1, -0.05) is 0 Å². The molecule has 0 aliphatic rings. The number of hydrogen-bond donors (Lipinski definition) is 2. The zero-order valence-corrected chi connectivity index (χ0v) is 12.3. The highest BCUT2D eigenvalue weighted by Crippen LogP contribution is 2.11. The molecule has 2 rings (SSSR count). The van der Waals surface area contributed by atoms with E-state index in [0.717, 1.165) is 16.4 Å². The maximum absolute atomic E-state index is 11.6. The van der Waals surface area contributed by atoms with Crippen LogP contribution in [0, 0.1) is 0 Å². The molecule has 2 heterocycles. The standard InChI is InChI=1S/C12H17N3O2S2/c1-18-6-3-10(16)11(17)13-4-2-9-8-15-5-7-19-12(15)14-9/h5,7-8,10,16H,2-4,6H2,1H3,(H,13,17)/t10-/m0/s1. The molecular weight excluding hydrogens is 282 g/mol. The van der Waals surface area contributed by atoms with Gasteiger partial charge in [0.25, 0.3) is 0 Å². The Morgan fingerprint density at radius 1 is 1.68 bits per heavy atom. The van der Waals surface area contributed by atoms with Gasteiger partial charge in [-0.15, -0.1) is 11.3 Å². The van der Waals surface area contributed by atoms with E-state index in [0.29, 0.717) is 19.4 Å². The van der Waals surface area contributed by atoms with E-state index in [-0.39, 0.29) is 5.91 Å². The van der Waals surface area contributed by atoms with Gasteiger partial charge < -0.3 is 10.4 Å². The Morgan fingerprint density at radius 3 is 3.26 bits per heavy atom. The summed E-state index contributed by atoms with van der Waals surface area (Å²) in [6, 6.07) is 0. The molecule has 0 fully saturated rings. The van der Waals surface area contributed by atoms with Crippen molar-refractivity contribution in [3.05, 3.63) is 23.5 Å². The summed E-state index contributed by atoms with van der Waals surface area (Å²) < 4.78 is 1.97. The Hall–Kier alpha value is -1.05. The fraction of sp³-hybridized carbons (Fsp3) is 0.500. The van der Waals surface area contributed by atoms with Crippen LogP contribution in [-0.2, 0) is 11.2 Å². The second-order valence-corrected chi connectivity index (χ2v) is 6.02. The number of hydrogen-bond acceptors (Lipinski definition) is 5. The van der Waals surface area contributed by atoms with Crippen LogP contribution in [0.4, 0.5) is 0 Å². The molecule has 0 saturated carbocycles. The molecule has 0 aliphatic heterocycles. The van der Waals surface area contributed by atoms with Gasteiger partial charge >= 0.3 is 0 Å². The van der Waals surface area contributed by atoms with E-state index in [9.17, 15) is 9.90 Å². The van der Waals surface area contributed by atoms with Crippen LogP contribution >= 0.6 is 23.1 Å². The summed E-state index contributed by atoms with van der Waals surface area (Å²) >= 11 is 3.20. The maximum atomic E-state index is 11.6. The van der Waals surface area contributed by atoms with E-state index in [1.807, 2.05) is 28.4 Å². The summed E-state index contributed by atoms with van der Waals surface area (Å²) in [6.07, 6.45) is 6.14. The number of nitrogens with zero attached hydrogens (tertiary/aromatic N) is 2. The van der Waals surface area contributed by atoms with Crippen LogP contribution in [0.15, 0.2) is 17.8 Å². The number of thioether (sulfide) groups is 1. The predicted molar refractivity (Wildman–Crippen MR) is 78.8 cm³/mol. The predicted octanol–water partition coefficient (Wildman–Crippen LogP) is 1.17. The normalized spacial score (nSPS) is 12.7. The molecule has 0 bridgehead atoms. The number of carbonyl (C=O) groups excluding carboxylic acids is 1. The Kier molecular flexibility index (Phi) is 5.24. The van der Waals surface area contributed by atoms with Gasteiger partial charge in [-0.3, -0.25) is 9.20 Å². The molecule has 1 amide bonds. The first-order valence-corrected chi connectivity index (χ1v) is 8.34. The number of carbonyl (C=O) groups is 1. The zero-order chi connectivity index (χ0) is 13.7. The minimum absolute atomic E-state index is 0.296. The van der Waals surface area contributed by atoms with Crippen molar-refractivity contribution < 1.29 is 9.90 Å². The number of aromatic nitrogens is 2. The van der Waals surface area contributed by atoms with Crippen LogP contribution in [0.1, 0.15) is 12.1 Å². The third kappa shape index (κ3) is 3.95. The molecule has 2 N–H and O–H groups in total. The van der Waals surface area contributed by atoms with Gasteiger partial charge in [0.2, 0.25) is 5.91 Å². The molecule has 7 heteroatoms. The van der Waals surface area contributed by atoms with E-state index in [1.54, 1.807) is 23.1 Å². The summed E-state index contributed by atoms with van der Waals surface area (Å²) in [4.78, 5) is 17.0. The van der Waals surface area contributed by atoms with Crippen LogP contribution < -0.4 is 5.32 Å². The molecule has 0 spiro atoms. The summed E-state index contributed by atoms with van der Waals surface area (Å²) in [6.45, 7) is 0.500. The highest BCUT2D eigenvalue weighted by Gasteiger charge is 2.13. The van der Waals surface area contributed by atoms with Crippen molar-refractivity contribution in [2.24, 2.45) is 0 Å². The van der Waals surface area contributed by atoms with Gasteiger partial charge in [0.15, 0.2) is 4.96 Å². The van der Waals surface area contributed by atoms with Gasteiger partial charge in [0.05, 0.1) is 5.69 Å². The zero-order valence-electron chi connectivity index (χ0n) is 10.7. The summed E-state index contributed by atoms with van der Waals surface area (Å²) in [5.41, 5.74) is 0.950. The molecule has 5 nitrogen and oxygen atoms in total. The molecule has 0 radical (unpaired) electrons. The lowest BCUT2D eigenvalue weighted by Crippen LogP contribution is -2.36. The molecular formula is C12H17N3O2S2. The topological polar surface area (TPSA) is 66.6 Å². The third-order valence-electron chi connectivity index (χ3n) is 2.72. The fourth-order valence-electron chi connectivity index (χ4n) is 1.69. The van der Waals surface area contributed by atoms with Gasteiger partial charge in [-0.25, -0.2) is 4.98 Å². The highest BCUT2D eigenvalue weighted by molar-refractivity contribution is 7.98. The van der Waals surface area contributed by atoms with Crippen molar-refractivity contribution >= 4 is 34.0 Å². The number of aliphatic hydroxyl groups excluding tert-OH is 1. The lowest BCUT2D eigenvalue weighted by Gasteiger charge is -2.09. The van der Waals surface area contributed by atoms with E-state index in [2.05, 4.69) is 10.3 Å². The molecule has 2 aromatic heterocycles. The number of rotatable bonds is 7. The second kappa shape index (κ2) is 6.93. The van der Waals surface area contributed by atoms with Crippen molar-refractivity contribution in [1.82, 2.24) is 14.7 Å². The molecule has 104 valence electrons. The lowest BCUT2D eigenvalue weighted by molar-refractivity contribution is -0.129. The molecule has 0 saturated heterocycles. The first kappa shape index (κ1) is 14.4. The summed E-state index contributed by atoms with van der Waals surface area (Å²) in [5.74, 6) is 0.487. The number of thiazole rings is 1. The van der Waals surface area contributed by atoms with Gasteiger partial charge in [0, 0.05) is 30.7 Å². The van der Waals surface area contributed by atoms with Crippen LogP contribution in [-0.4, -0.2) is 45.1 Å². The van der Waals surface area contributed by atoms with Crippen molar-refractivity contribution in [3.63, 3.8) is 0 Å². The number of fused-ring (bicyclic) bond motifs is 1. The van der Waals surface area contributed by atoms with Crippen molar-refractivity contribution in [2.75, 3.05) is 18.6 Å². The van der Waals surface area contributed by atoms with Gasteiger partial charge in [-0.2, -0.15) is 11.8 Å². The molecule has 0 aliphatic carbocycles. The van der Waals surface area contributed by atoms with E-state index in [1.165, 1.54) is 0 Å². The average molecular weight is 299 g/mol. The Bertz CT molecular complexity index is 509. The van der Waals surface area contributed by atoms with E-state index in [4.69, 9.17) is 0 Å². The van der Waals surface area contributed by atoms with Gasteiger partial charge in [0.1, 0.15) is 6.10 Å². The van der Waals surface area contributed by atoms with Crippen molar-refractivity contribution in [1.29, 1.82) is 0 Å². The maximum Gasteiger partial charge on any atom is 0.248 e. The van der Waals surface area contributed by atoms with E-state index < -0.39 is 6.10 Å². The SMILES string of the molecule is CSCC[C@H](O)C(=O)NCCc1cn2ccsc2n1. The number of nitrogens with one attached hydrogen (secondary N) is 1. The number of imidazole rings is 1. The first-order chi connectivity index (χ1) is 9.20. The smallest absolute Gasteiger partial charge is 0.248 e. The minimum Gasteiger partial charge on any atom is -0.383 e. The second-order valence-electron chi connectivity index (χ2n) is 4.16. The van der Waals surface area contributed by atoms with Crippen LogP contribution in [0.25, 0.3) is 4.96 Å². The highest BCUT2D eigenvalue weighted by atomic mass is 32.2.